The maximum Gasteiger partial charge on any atom is 0.191 e. The average Bonchev–Trinajstić information content (AvgIpc) is 3.05. The lowest BCUT2D eigenvalue weighted by Crippen LogP contribution is -2.42. The second-order valence-corrected chi connectivity index (χ2v) is 7.52. The summed E-state index contributed by atoms with van der Waals surface area (Å²) in [5.74, 6) is 1.63. The van der Waals surface area contributed by atoms with Gasteiger partial charge in [-0.05, 0) is 37.3 Å². The molecule has 2 N–H and O–H groups in total. The van der Waals surface area contributed by atoms with Crippen molar-refractivity contribution in [2.45, 2.75) is 53.1 Å². The van der Waals surface area contributed by atoms with Gasteiger partial charge in [-0.2, -0.15) is 0 Å². The van der Waals surface area contributed by atoms with E-state index in [0.29, 0.717) is 18.0 Å². The van der Waals surface area contributed by atoms with Crippen LogP contribution in [0.4, 0.5) is 0 Å². The molecule has 2 rings (SSSR count). The SMILES string of the molecule is CN=C(NCc1nncn1-c1ccccc1)NC(C)CCC(C)(C)C. The van der Waals surface area contributed by atoms with E-state index < -0.39 is 0 Å². The average molecular weight is 342 g/mol. The lowest BCUT2D eigenvalue weighted by molar-refractivity contribution is 0.346. The second kappa shape index (κ2) is 8.65. The number of benzene rings is 1. The van der Waals surface area contributed by atoms with Crippen LogP contribution in [-0.4, -0.2) is 33.8 Å². The fourth-order valence-corrected chi connectivity index (χ4v) is 2.50. The van der Waals surface area contributed by atoms with Crippen LogP contribution < -0.4 is 10.6 Å². The van der Waals surface area contributed by atoms with Crippen molar-refractivity contribution >= 4 is 5.96 Å². The molecule has 1 aromatic heterocycles. The van der Waals surface area contributed by atoms with Gasteiger partial charge in [-0.1, -0.05) is 39.0 Å². The molecule has 0 aliphatic heterocycles. The standard InChI is InChI=1S/C19H30N6/c1-15(11-12-19(2,3)4)23-18(20-5)21-13-17-24-22-14-25(17)16-9-7-6-8-10-16/h6-10,14-15H,11-13H2,1-5H3,(H2,20,21,23). The molecule has 0 aliphatic rings. The van der Waals surface area contributed by atoms with Gasteiger partial charge in [-0.15, -0.1) is 10.2 Å². The number of hydrogen-bond acceptors (Lipinski definition) is 3. The highest BCUT2D eigenvalue weighted by molar-refractivity contribution is 5.79. The summed E-state index contributed by atoms with van der Waals surface area (Å²) in [7, 11) is 1.79. The van der Waals surface area contributed by atoms with Crippen LogP contribution in [0.5, 0.6) is 0 Å². The number of nitrogens with one attached hydrogen (secondary N) is 2. The van der Waals surface area contributed by atoms with Gasteiger partial charge in [0.1, 0.15) is 6.33 Å². The molecule has 0 saturated heterocycles. The lowest BCUT2D eigenvalue weighted by Gasteiger charge is -2.23. The van der Waals surface area contributed by atoms with Crippen molar-refractivity contribution in [1.82, 2.24) is 25.4 Å². The molecule has 0 fully saturated rings. The molecule has 1 heterocycles. The molecule has 136 valence electrons. The van der Waals surface area contributed by atoms with Crippen molar-refractivity contribution in [3.05, 3.63) is 42.5 Å². The fourth-order valence-electron chi connectivity index (χ4n) is 2.50. The van der Waals surface area contributed by atoms with Gasteiger partial charge in [0.25, 0.3) is 0 Å². The Bertz CT molecular complexity index is 669. The second-order valence-electron chi connectivity index (χ2n) is 7.52. The van der Waals surface area contributed by atoms with E-state index in [0.717, 1.165) is 23.9 Å². The highest BCUT2D eigenvalue weighted by Crippen LogP contribution is 2.21. The number of aromatic nitrogens is 3. The predicted octanol–water partition coefficient (Wildman–Crippen LogP) is 3.15. The molecule has 2 aromatic rings. The third-order valence-electron chi connectivity index (χ3n) is 4.00. The van der Waals surface area contributed by atoms with Crippen molar-refractivity contribution in [3.8, 4) is 5.69 Å². The molecule has 1 aromatic carbocycles. The predicted molar refractivity (Wildman–Crippen MR) is 103 cm³/mol. The molecule has 0 bridgehead atoms. The van der Waals surface area contributed by atoms with Gasteiger partial charge in [0.15, 0.2) is 11.8 Å². The summed E-state index contributed by atoms with van der Waals surface area (Å²) >= 11 is 0. The minimum atomic E-state index is 0.346. The Kier molecular flexibility index (Phi) is 6.56. The zero-order valence-corrected chi connectivity index (χ0v) is 16.0. The van der Waals surface area contributed by atoms with Gasteiger partial charge in [0.05, 0.1) is 6.54 Å². The Morgan fingerprint density at radius 3 is 2.60 bits per heavy atom. The summed E-state index contributed by atoms with van der Waals surface area (Å²) in [6.45, 7) is 9.54. The molecule has 0 radical (unpaired) electrons. The van der Waals surface area contributed by atoms with Crippen molar-refractivity contribution in [2.75, 3.05) is 7.05 Å². The summed E-state index contributed by atoms with van der Waals surface area (Å²) in [6.07, 6.45) is 4.00. The fraction of sp³-hybridized carbons (Fsp3) is 0.526. The van der Waals surface area contributed by atoms with Gasteiger partial charge in [-0.25, -0.2) is 0 Å². The molecule has 0 aliphatic carbocycles. The van der Waals surface area contributed by atoms with Crippen LogP contribution in [-0.2, 0) is 6.54 Å². The Hall–Kier alpha value is -2.37. The normalized spacial score (nSPS) is 13.6. The number of guanidine groups is 1. The van der Waals surface area contributed by atoms with E-state index in [2.05, 4.69) is 53.5 Å². The molecule has 25 heavy (non-hydrogen) atoms. The number of aliphatic imine (C=N–C) groups is 1. The van der Waals surface area contributed by atoms with Crippen LogP contribution in [0.1, 0.15) is 46.4 Å². The van der Waals surface area contributed by atoms with Crippen LogP contribution >= 0.6 is 0 Å². The van der Waals surface area contributed by atoms with Gasteiger partial charge < -0.3 is 10.6 Å². The molecule has 1 atom stereocenters. The van der Waals surface area contributed by atoms with E-state index in [1.165, 1.54) is 6.42 Å². The minimum absolute atomic E-state index is 0.346. The first-order valence-electron chi connectivity index (χ1n) is 8.80. The first-order valence-corrected chi connectivity index (χ1v) is 8.80. The molecule has 6 heteroatoms. The maximum absolute atomic E-state index is 4.31. The number of nitrogens with zero attached hydrogens (tertiary/aromatic N) is 4. The summed E-state index contributed by atoms with van der Waals surface area (Å²) < 4.78 is 1.98. The van der Waals surface area contributed by atoms with Crippen LogP contribution in [0, 0.1) is 5.41 Å². The maximum atomic E-state index is 4.31. The Labute approximate surface area is 150 Å². The van der Waals surface area contributed by atoms with E-state index in [9.17, 15) is 0 Å². The van der Waals surface area contributed by atoms with Gasteiger partial charge in [-0.3, -0.25) is 9.56 Å². The van der Waals surface area contributed by atoms with Crippen LogP contribution in [0.25, 0.3) is 5.69 Å². The largest absolute Gasteiger partial charge is 0.354 e. The summed E-state index contributed by atoms with van der Waals surface area (Å²) in [6, 6.07) is 10.4. The molecule has 0 saturated carbocycles. The molecular weight excluding hydrogens is 312 g/mol. The number of rotatable bonds is 6. The summed E-state index contributed by atoms with van der Waals surface area (Å²) in [4.78, 5) is 4.31. The Morgan fingerprint density at radius 1 is 1.24 bits per heavy atom. The van der Waals surface area contributed by atoms with Crippen molar-refractivity contribution < 1.29 is 0 Å². The molecule has 1 unspecified atom stereocenters. The first-order chi connectivity index (χ1) is 11.9. The summed E-state index contributed by atoms with van der Waals surface area (Å²) in [5, 5.41) is 15.0. The van der Waals surface area contributed by atoms with Crippen LogP contribution in [0.3, 0.4) is 0 Å². The zero-order chi connectivity index (χ0) is 18.3. The molecular formula is C19H30N6. The summed E-state index contributed by atoms with van der Waals surface area (Å²) in [5.41, 5.74) is 1.39. The molecule has 0 amide bonds. The van der Waals surface area contributed by atoms with Gasteiger partial charge in [0, 0.05) is 18.8 Å². The van der Waals surface area contributed by atoms with Crippen LogP contribution in [0.2, 0.25) is 0 Å². The highest BCUT2D eigenvalue weighted by atomic mass is 15.3. The third-order valence-corrected chi connectivity index (χ3v) is 4.00. The van der Waals surface area contributed by atoms with Gasteiger partial charge >= 0.3 is 0 Å². The van der Waals surface area contributed by atoms with E-state index in [1.807, 2.05) is 34.9 Å². The first kappa shape index (κ1) is 19.0. The lowest BCUT2D eigenvalue weighted by atomic mass is 9.89. The number of hydrogen-bond donors (Lipinski definition) is 2. The quantitative estimate of drug-likeness (QED) is 0.625. The van der Waals surface area contributed by atoms with E-state index in [1.54, 1.807) is 13.4 Å². The van der Waals surface area contributed by atoms with Crippen molar-refractivity contribution in [2.24, 2.45) is 10.4 Å². The van der Waals surface area contributed by atoms with Gasteiger partial charge in [0.2, 0.25) is 0 Å². The molecule has 6 nitrogen and oxygen atoms in total. The van der Waals surface area contributed by atoms with Crippen molar-refractivity contribution in [3.63, 3.8) is 0 Å². The third kappa shape index (κ3) is 6.21. The zero-order valence-electron chi connectivity index (χ0n) is 16.0. The van der Waals surface area contributed by atoms with Crippen LogP contribution in [0.15, 0.2) is 41.7 Å². The topological polar surface area (TPSA) is 67.1 Å². The molecule has 0 spiro atoms. The Balaban J connectivity index is 1.91. The van der Waals surface area contributed by atoms with E-state index >= 15 is 0 Å². The Morgan fingerprint density at radius 2 is 1.96 bits per heavy atom. The monoisotopic (exact) mass is 342 g/mol. The highest BCUT2D eigenvalue weighted by Gasteiger charge is 2.14. The smallest absolute Gasteiger partial charge is 0.191 e. The van der Waals surface area contributed by atoms with E-state index in [4.69, 9.17) is 0 Å². The minimum Gasteiger partial charge on any atom is -0.354 e. The number of para-hydroxylation sites is 1. The van der Waals surface area contributed by atoms with E-state index in [-0.39, 0.29) is 0 Å². The van der Waals surface area contributed by atoms with Crippen molar-refractivity contribution in [1.29, 1.82) is 0 Å².